The van der Waals surface area contributed by atoms with Crippen molar-refractivity contribution in [3.05, 3.63) is 164 Å². The lowest BCUT2D eigenvalue weighted by Crippen LogP contribution is -1.94. The molecule has 50 heavy (non-hydrogen) atoms. The van der Waals surface area contributed by atoms with Crippen LogP contribution >= 0.6 is 0 Å². The summed E-state index contributed by atoms with van der Waals surface area (Å²) >= 11 is 0. The summed E-state index contributed by atoms with van der Waals surface area (Å²) < 4.78 is 0. The molecular weight excluding hydrogens is 611 g/mol. The van der Waals surface area contributed by atoms with Gasteiger partial charge in [-0.2, -0.15) is 0 Å². The summed E-state index contributed by atoms with van der Waals surface area (Å²) in [6.45, 7) is 0. The SMILES string of the molecule is c1ccc(-c2ccc3ccc4ccc(-c5ccc(-c6ccc7ccc8c(-c9ccccc9)c9ccccc9nc8c7n6)nc5)nc4c3n2)cc1. The molecule has 0 bridgehead atoms. The van der Waals surface area contributed by atoms with Gasteiger partial charge in [-0.3, -0.25) is 4.98 Å². The van der Waals surface area contributed by atoms with E-state index in [1.54, 1.807) is 0 Å². The third kappa shape index (κ3) is 4.67. The molecule has 0 saturated heterocycles. The molecule has 0 spiro atoms. The molecule has 0 radical (unpaired) electrons. The predicted octanol–water partition coefficient (Wildman–Crippen LogP) is 11.1. The number of aromatic nitrogens is 5. The van der Waals surface area contributed by atoms with Gasteiger partial charge in [-0.05, 0) is 42.0 Å². The predicted molar refractivity (Wildman–Crippen MR) is 205 cm³/mol. The molecule has 0 amide bonds. The fourth-order valence-corrected chi connectivity index (χ4v) is 6.99. The van der Waals surface area contributed by atoms with E-state index in [9.17, 15) is 0 Å². The quantitative estimate of drug-likeness (QED) is 0.142. The summed E-state index contributed by atoms with van der Waals surface area (Å²) in [5, 5.41) is 5.35. The number of hydrogen-bond donors (Lipinski definition) is 0. The largest absolute Gasteiger partial charge is 0.254 e. The van der Waals surface area contributed by atoms with Crippen molar-refractivity contribution in [2.75, 3.05) is 0 Å². The van der Waals surface area contributed by atoms with Gasteiger partial charge in [0.15, 0.2) is 0 Å². The van der Waals surface area contributed by atoms with E-state index in [0.717, 1.165) is 94.0 Å². The maximum atomic E-state index is 5.18. The average molecular weight is 638 g/mol. The maximum Gasteiger partial charge on any atom is 0.0978 e. The summed E-state index contributed by atoms with van der Waals surface area (Å²) in [5.74, 6) is 0. The molecule has 0 saturated carbocycles. The van der Waals surface area contributed by atoms with Crippen molar-refractivity contribution in [3.63, 3.8) is 0 Å². The maximum absolute atomic E-state index is 5.18. The van der Waals surface area contributed by atoms with Crippen LogP contribution in [-0.2, 0) is 0 Å². The molecule has 5 nitrogen and oxygen atoms in total. The second kappa shape index (κ2) is 11.4. The summed E-state index contributed by atoms with van der Waals surface area (Å²) in [6, 6.07) is 54.2. The van der Waals surface area contributed by atoms with E-state index >= 15 is 0 Å². The van der Waals surface area contributed by atoms with Crippen LogP contribution in [0.1, 0.15) is 0 Å². The lowest BCUT2D eigenvalue weighted by atomic mass is 9.95. The topological polar surface area (TPSA) is 64.5 Å². The van der Waals surface area contributed by atoms with Gasteiger partial charge in [0.25, 0.3) is 0 Å². The second-order valence-electron chi connectivity index (χ2n) is 12.5. The Hall–Kier alpha value is -6.85. The van der Waals surface area contributed by atoms with E-state index in [1.165, 1.54) is 5.56 Å². The smallest absolute Gasteiger partial charge is 0.0978 e. The van der Waals surface area contributed by atoms with Gasteiger partial charge < -0.3 is 0 Å². The summed E-state index contributed by atoms with van der Waals surface area (Å²) in [7, 11) is 0. The van der Waals surface area contributed by atoms with Gasteiger partial charge in [0.2, 0.25) is 0 Å². The fourth-order valence-electron chi connectivity index (χ4n) is 6.99. The molecule has 0 unspecified atom stereocenters. The van der Waals surface area contributed by atoms with Gasteiger partial charge in [0.05, 0.1) is 50.4 Å². The van der Waals surface area contributed by atoms with E-state index in [1.807, 2.05) is 54.7 Å². The van der Waals surface area contributed by atoms with Crippen molar-refractivity contribution in [2.24, 2.45) is 0 Å². The van der Waals surface area contributed by atoms with Crippen LogP contribution in [0.5, 0.6) is 0 Å². The van der Waals surface area contributed by atoms with Gasteiger partial charge in [0, 0.05) is 49.8 Å². The Labute approximate surface area is 287 Å². The summed E-state index contributed by atoms with van der Waals surface area (Å²) in [6.07, 6.45) is 1.88. The lowest BCUT2D eigenvalue weighted by Gasteiger charge is -2.13. The van der Waals surface area contributed by atoms with Crippen molar-refractivity contribution in [2.45, 2.75) is 0 Å². The molecule has 0 fully saturated rings. The van der Waals surface area contributed by atoms with Gasteiger partial charge in [0.1, 0.15) is 0 Å². The first-order valence-corrected chi connectivity index (χ1v) is 16.7. The molecular formula is C45H27N5. The zero-order chi connectivity index (χ0) is 33.0. The standard InChI is InChI=1S/C45H27N5/c1-3-9-28(10-4-1)36-23-18-30-15-16-31-19-24-37(48-43(31)42(30)47-36)33-21-25-39(46-27-33)40-26-20-32-17-22-35-41(29-11-5-2-6-12-29)34-13-7-8-14-38(34)49-45(35)44(32)50-40/h1-27H. The van der Waals surface area contributed by atoms with Crippen molar-refractivity contribution in [1.82, 2.24) is 24.9 Å². The minimum atomic E-state index is 0.789. The fraction of sp³-hybridized carbons (Fsp3) is 0. The van der Waals surface area contributed by atoms with Gasteiger partial charge >= 0.3 is 0 Å². The highest BCUT2D eigenvalue weighted by Crippen LogP contribution is 2.37. The Morgan fingerprint density at radius 1 is 0.300 bits per heavy atom. The van der Waals surface area contributed by atoms with Crippen molar-refractivity contribution in [3.8, 4) is 45.0 Å². The number of benzene rings is 5. The number of hydrogen-bond acceptors (Lipinski definition) is 5. The number of fused-ring (bicyclic) bond motifs is 7. The zero-order valence-corrected chi connectivity index (χ0v) is 26.8. The Kier molecular flexibility index (Phi) is 6.42. The highest BCUT2D eigenvalue weighted by molar-refractivity contribution is 6.16. The third-order valence-corrected chi connectivity index (χ3v) is 9.48. The van der Waals surface area contributed by atoms with Crippen LogP contribution in [-0.4, -0.2) is 24.9 Å². The van der Waals surface area contributed by atoms with Crippen LogP contribution in [0.15, 0.2) is 164 Å². The molecule has 5 aromatic carbocycles. The van der Waals surface area contributed by atoms with E-state index in [2.05, 4.69) is 109 Å². The van der Waals surface area contributed by atoms with Crippen LogP contribution in [0.3, 0.4) is 0 Å². The van der Waals surface area contributed by atoms with Crippen LogP contribution < -0.4 is 0 Å². The molecule has 5 heterocycles. The lowest BCUT2D eigenvalue weighted by molar-refractivity contribution is 1.26. The van der Waals surface area contributed by atoms with E-state index in [0.29, 0.717) is 0 Å². The molecule has 0 aliphatic carbocycles. The molecule has 10 rings (SSSR count). The Morgan fingerprint density at radius 2 is 0.820 bits per heavy atom. The minimum Gasteiger partial charge on any atom is -0.254 e. The molecule has 5 aromatic heterocycles. The van der Waals surface area contributed by atoms with Crippen molar-refractivity contribution >= 4 is 54.5 Å². The van der Waals surface area contributed by atoms with E-state index < -0.39 is 0 Å². The molecule has 0 N–H and O–H groups in total. The minimum absolute atomic E-state index is 0.789. The summed E-state index contributed by atoms with van der Waals surface area (Å²) in [5.41, 5.74) is 12.2. The number of para-hydroxylation sites is 1. The highest BCUT2D eigenvalue weighted by atomic mass is 14.8. The molecule has 0 aliphatic rings. The van der Waals surface area contributed by atoms with Crippen LogP contribution in [0, 0.1) is 0 Å². The van der Waals surface area contributed by atoms with Crippen LogP contribution in [0.4, 0.5) is 0 Å². The van der Waals surface area contributed by atoms with Gasteiger partial charge in [-0.15, -0.1) is 0 Å². The van der Waals surface area contributed by atoms with E-state index in [4.69, 9.17) is 24.9 Å². The third-order valence-electron chi connectivity index (χ3n) is 9.48. The van der Waals surface area contributed by atoms with Gasteiger partial charge in [-0.25, -0.2) is 19.9 Å². The molecule has 0 aliphatic heterocycles. The Bertz CT molecular complexity index is 2900. The van der Waals surface area contributed by atoms with Gasteiger partial charge in [-0.1, -0.05) is 121 Å². The van der Waals surface area contributed by atoms with E-state index in [-0.39, 0.29) is 0 Å². The average Bonchev–Trinajstić information content (AvgIpc) is 3.20. The van der Waals surface area contributed by atoms with Crippen LogP contribution in [0.2, 0.25) is 0 Å². The number of rotatable bonds is 4. The van der Waals surface area contributed by atoms with Crippen molar-refractivity contribution in [1.29, 1.82) is 0 Å². The van der Waals surface area contributed by atoms with Crippen molar-refractivity contribution < 1.29 is 0 Å². The number of pyridine rings is 5. The molecule has 232 valence electrons. The molecule has 5 heteroatoms. The normalized spacial score (nSPS) is 11.6. The second-order valence-corrected chi connectivity index (χ2v) is 12.5. The highest BCUT2D eigenvalue weighted by Gasteiger charge is 2.15. The first-order valence-electron chi connectivity index (χ1n) is 16.7. The summed E-state index contributed by atoms with van der Waals surface area (Å²) in [4.78, 5) is 25.4. The molecule has 0 atom stereocenters. The monoisotopic (exact) mass is 637 g/mol. The zero-order valence-electron chi connectivity index (χ0n) is 26.8. The Morgan fingerprint density at radius 3 is 1.50 bits per heavy atom. The van der Waals surface area contributed by atoms with Crippen LogP contribution in [0.25, 0.3) is 99.5 Å². The first kappa shape index (κ1) is 28.2. The first-order chi connectivity index (χ1) is 24.8. The molecule has 10 aromatic rings. The number of nitrogens with zero attached hydrogens (tertiary/aromatic N) is 5. The Balaban J connectivity index is 1.06.